The van der Waals surface area contributed by atoms with Crippen molar-refractivity contribution in [2.45, 2.75) is 32.4 Å². The average molecular weight is 559 g/mol. The lowest BCUT2D eigenvalue weighted by Gasteiger charge is -2.19. The van der Waals surface area contributed by atoms with Gasteiger partial charge in [0.05, 0.1) is 10.9 Å². The summed E-state index contributed by atoms with van der Waals surface area (Å²) in [7, 11) is 0. The van der Waals surface area contributed by atoms with Crippen molar-refractivity contribution >= 4 is 16.9 Å². The number of benzene rings is 4. The topological polar surface area (TPSA) is 65.7 Å². The molecular weight excluding hydrogens is 533 g/mol. The average Bonchev–Trinajstić information content (AvgIpc) is 2.94. The largest absolute Gasteiger partial charge is 0.453 e. The van der Waals surface area contributed by atoms with Gasteiger partial charge >= 0.3 is 12.1 Å². The third-order valence-electron chi connectivity index (χ3n) is 6.46. The second-order valence-corrected chi connectivity index (χ2v) is 10.5. The van der Waals surface area contributed by atoms with Crippen LogP contribution in [0.15, 0.2) is 106 Å². The smallest absolute Gasteiger partial charge is 0.449 e. The Morgan fingerprint density at radius 3 is 1.98 bits per heavy atom. The zero-order chi connectivity index (χ0) is 29.4. The molecule has 0 spiro atoms. The summed E-state index contributed by atoms with van der Waals surface area (Å²) in [6, 6.07) is 26.3. The van der Waals surface area contributed by atoms with Gasteiger partial charge in [-0.3, -0.25) is 4.79 Å². The zero-order valence-electron chi connectivity index (χ0n) is 22.4. The Morgan fingerprint density at radius 2 is 1.37 bits per heavy atom. The van der Waals surface area contributed by atoms with Crippen molar-refractivity contribution in [1.29, 1.82) is 0 Å². The SMILES string of the molecule is CC(C)(C)c1ccc(Oc2c(C(F)(F)F)oc3cc(OC(=O)c4ccc(-c5ccccc5)cc4)ccc3c2=O)cc1. The lowest BCUT2D eigenvalue weighted by Crippen LogP contribution is -2.16. The number of carbonyl (C=O) groups excluding carboxylic acids is 1. The van der Waals surface area contributed by atoms with E-state index in [1.165, 1.54) is 24.3 Å². The van der Waals surface area contributed by atoms with Gasteiger partial charge in [-0.05, 0) is 58.5 Å². The molecule has 1 heterocycles. The molecule has 0 amide bonds. The number of esters is 1. The number of carbonyl (C=O) groups is 1. The van der Waals surface area contributed by atoms with Gasteiger partial charge in [-0.15, -0.1) is 0 Å². The number of fused-ring (bicyclic) bond motifs is 1. The molecule has 0 aliphatic rings. The lowest BCUT2D eigenvalue weighted by atomic mass is 9.87. The minimum atomic E-state index is -5.03. The number of hydrogen-bond donors (Lipinski definition) is 0. The molecule has 0 atom stereocenters. The molecule has 4 aromatic carbocycles. The molecule has 1 aromatic heterocycles. The molecule has 0 saturated carbocycles. The molecule has 5 aromatic rings. The molecule has 0 aliphatic heterocycles. The molecule has 5 rings (SSSR count). The van der Waals surface area contributed by atoms with E-state index in [0.717, 1.165) is 22.8 Å². The summed E-state index contributed by atoms with van der Waals surface area (Å²) in [5.74, 6) is -3.32. The van der Waals surface area contributed by atoms with Crippen LogP contribution in [0.4, 0.5) is 13.2 Å². The van der Waals surface area contributed by atoms with Crippen LogP contribution in [-0.2, 0) is 11.6 Å². The van der Waals surface area contributed by atoms with E-state index in [2.05, 4.69) is 0 Å². The van der Waals surface area contributed by atoms with Crippen molar-refractivity contribution in [3.8, 4) is 28.4 Å². The van der Waals surface area contributed by atoms with E-state index < -0.39 is 34.7 Å². The zero-order valence-corrected chi connectivity index (χ0v) is 22.4. The van der Waals surface area contributed by atoms with E-state index in [9.17, 15) is 22.8 Å². The normalized spacial score (nSPS) is 11.9. The Labute approximate surface area is 233 Å². The van der Waals surface area contributed by atoms with E-state index in [4.69, 9.17) is 13.9 Å². The predicted octanol–water partition coefficient (Wildman–Crippen LogP) is 8.79. The Bertz CT molecular complexity index is 1760. The molecule has 0 fully saturated rings. The quantitative estimate of drug-likeness (QED) is 0.159. The van der Waals surface area contributed by atoms with Crippen molar-refractivity contribution in [2.75, 3.05) is 0 Å². The fourth-order valence-corrected chi connectivity index (χ4v) is 4.24. The first-order chi connectivity index (χ1) is 19.4. The van der Waals surface area contributed by atoms with Crippen LogP contribution in [0, 0.1) is 0 Å². The van der Waals surface area contributed by atoms with Crippen molar-refractivity contribution < 1.29 is 31.9 Å². The van der Waals surface area contributed by atoms with E-state index in [-0.39, 0.29) is 27.9 Å². The van der Waals surface area contributed by atoms with E-state index >= 15 is 0 Å². The Balaban J connectivity index is 1.43. The van der Waals surface area contributed by atoms with Gasteiger partial charge in [0.1, 0.15) is 17.1 Å². The van der Waals surface area contributed by atoms with Gasteiger partial charge in [0.25, 0.3) is 5.76 Å². The van der Waals surface area contributed by atoms with Crippen molar-refractivity contribution in [3.05, 3.63) is 124 Å². The van der Waals surface area contributed by atoms with Crippen LogP contribution >= 0.6 is 0 Å². The summed E-state index contributed by atoms with van der Waals surface area (Å²) in [4.78, 5) is 25.9. The minimum Gasteiger partial charge on any atom is -0.449 e. The van der Waals surface area contributed by atoms with Crippen LogP contribution in [0.5, 0.6) is 17.2 Å². The highest BCUT2D eigenvalue weighted by Crippen LogP contribution is 2.39. The number of rotatable bonds is 5. The second-order valence-electron chi connectivity index (χ2n) is 10.5. The monoisotopic (exact) mass is 558 g/mol. The second kappa shape index (κ2) is 10.6. The van der Waals surface area contributed by atoms with Crippen LogP contribution < -0.4 is 14.9 Å². The van der Waals surface area contributed by atoms with Crippen LogP contribution in [0.25, 0.3) is 22.1 Å². The van der Waals surface area contributed by atoms with E-state index in [1.54, 1.807) is 36.4 Å². The molecule has 41 heavy (non-hydrogen) atoms. The molecular formula is C33H25F3O5. The lowest BCUT2D eigenvalue weighted by molar-refractivity contribution is -0.154. The van der Waals surface area contributed by atoms with E-state index in [0.29, 0.717) is 0 Å². The number of hydrogen-bond acceptors (Lipinski definition) is 5. The molecule has 5 nitrogen and oxygen atoms in total. The van der Waals surface area contributed by atoms with E-state index in [1.807, 2.05) is 51.1 Å². The summed E-state index contributed by atoms with van der Waals surface area (Å²) in [6.07, 6.45) is -5.03. The standard InChI is InChI=1S/C33H25F3O5/c1-32(2,3)23-13-15-24(16-14-23)39-29-28(37)26-18-17-25(19-27(26)41-30(29)33(34,35)36)40-31(38)22-11-9-21(10-12-22)20-7-5-4-6-8-20/h4-19H,1-3H3. The predicted molar refractivity (Wildman–Crippen MR) is 150 cm³/mol. The fraction of sp³-hybridized carbons (Fsp3) is 0.152. The van der Waals surface area contributed by atoms with Gasteiger partial charge in [-0.25, -0.2) is 4.79 Å². The van der Waals surface area contributed by atoms with Gasteiger partial charge in [0, 0.05) is 6.07 Å². The minimum absolute atomic E-state index is 0.0546. The van der Waals surface area contributed by atoms with Crippen LogP contribution in [0.2, 0.25) is 0 Å². The molecule has 0 saturated heterocycles. The summed E-state index contributed by atoms with van der Waals surface area (Å²) < 4.78 is 57.8. The summed E-state index contributed by atoms with van der Waals surface area (Å²) in [6.45, 7) is 5.99. The van der Waals surface area contributed by atoms with Crippen LogP contribution in [0.1, 0.15) is 42.5 Å². The third kappa shape index (κ3) is 6.01. The first-order valence-electron chi connectivity index (χ1n) is 12.7. The summed E-state index contributed by atoms with van der Waals surface area (Å²) >= 11 is 0. The fourth-order valence-electron chi connectivity index (χ4n) is 4.24. The van der Waals surface area contributed by atoms with Gasteiger partial charge in [-0.2, -0.15) is 13.2 Å². The van der Waals surface area contributed by atoms with Crippen LogP contribution in [-0.4, -0.2) is 5.97 Å². The van der Waals surface area contributed by atoms with Gasteiger partial charge < -0.3 is 13.9 Å². The molecule has 0 unspecified atom stereocenters. The highest BCUT2D eigenvalue weighted by atomic mass is 19.4. The molecule has 208 valence electrons. The number of halogens is 3. The maximum Gasteiger partial charge on any atom is 0.453 e. The molecule has 8 heteroatoms. The summed E-state index contributed by atoms with van der Waals surface area (Å²) in [5.41, 5.74) is 1.48. The van der Waals surface area contributed by atoms with Crippen molar-refractivity contribution in [2.24, 2.45) is 0 Å². The van der Waals surface area contributed by atoms with Gasteiger partial charge in [0.15, 0.2) is 0 Å². The Morgan fingerprint density at radius 1 is 0.756 bits per heavy atom. The highest BCUT2D eigenvalue weighted by molar-refractivity contribution is 5.92. The third-order valence-corrected chi connectivity index (χ3v) is 6.46. The first kappa shape index (κ1) is 27.7. The number of alkyl halides is 3. The Hall–Kier alpha value is -4.85. The Kier molecular flexibility index (Phi) is 7.17. The molecule has 0 N–H and O–H groups in total. The number of ether oxygens (including phenoxy) is 2. The van der Waals surface area contributed by atoms with Crippen molar-refractivity contribution in [3.63, 3.8) is 0 Å². The van der Waals surface area contributed by atoms with Gasteiger partial charge in [-0.1, -0.05) is 75.4 Å². The molecule has 0 radical (unpaired) electrons. The van der Waals surface area contributed by atoms with Crippen molar-refractivity contribution in [1.82, 2.24) is 0 Å². The van der Waals surface area contributed by atoms with Crippen LogP contribution in [0.3, 0.4) is 0 Å². The molecule has 0 bridgehead atoms. The molecule has 0 aliphatic carbocycles. The maximum atomic E-state index is 14.0. The maximum absolute atomic E-state index is 14.0. The highest BCUT2D eigenvalue weighted by Gasteiger charge is 2.40. The van der Waals surface area contributed by atoms with Gasteiger partial charge in [0.2, 0.25) is 11.2 Å². The summed E-state index contributed by atoms with van der Waals surface area (Å²) in [5, 5.41) is -0.161. The first-order valence-corrected chi connectivity index (χ1v) is 12.7.